The quantitative estimate of drug-likeness (QED) is 0.787. The molecule has 1 saturated carbocycles. The van der Waals surface area contributed by atoms with Crippen molar-refractivity contribution in [2.45, 2.75) is 57.7 Å². The normalized spacial score (nSPS) is 38.4. The van der Waals surface area contributed by atoms with Crippen molar-refractivity contribution < 1.29 is 9.53 Å². The molecule has 4 unspecified atom stereocenters. The van der Waals surface area contributed by atoms with Gasteiger partial charge in [-0.05, 0) is 32.6 Å². The average Bonchev–Trinajstić information content (AvgIpc) is 2.75. The molecule has 1 aliphatic carbocycles. The molecule has 2 N–H and O–H groups in total. The molecule has 0 bridgehead atoms. The predicted molar refractivity (Wildman–Crippen MR) is 66.5 cm³/mol. The summed E-state index contributed by atoms with van der Waals surface area (Å²) in [5.74, 6) is 0.462. The lowest BCUT2D eigenvalue weighted by Gasteiger charge is -2.39. The Labute approximate surface area is 103 Å². The highest BCUT2D eigenvalue weighted by atomic mass is 16.5. The monoisotopic (exact) mass is 240 g/mol. The number of carbonyl (C=O) groups is 1. The number of nitrogens with zero attached hydrogens (tertiary/aromatic N) is 1. The summed E-state index contributed by atoms with van der Waals surface area (Å²) in [5, 5.41) is 0. The van der Waals surface area contributed by atoms with Gasteiger partial charge in [-0.3, -0.25) is 4.79 Å². The number of amides is 1. The maximum Gasteiger partial charge on any atom is 0.226 e. The van der Waals surface area contributed by atoms with E-state index >= 15 is 0 Å². The van der Waals surface area contributed by atoms with Crippen LogP contribution >= 0.6 is 0 Å². The van der Waals surface area contributed by atoms with E-state index < -0.39 is 0 Å². The summed E-state index contributed by atoms with van der Waals surface area (Å²) in [7, 11) is 0. The van der Waals surface area contributed by atoms with Crippen LogP contribution in [0.15, 0.2) is 0 Å². The lowest BCUT2D eigenvalue weighted by molar-refractivity contribution is -0.148. The van der Waals surface area contributed by atoms with Crippen molar-refractivity contribution in [2.24, 2.45) is 11.7 Å². The van der Waals surface area contributed by atoms with Gasteiger partial charge in [0.05, 0.1) is 18.8 Å². The molecule has 98 valence electrons. The molecule has 4 atom stereocenters. The molecular formula is C13H24N2O2. The SMILES string of the molecule is CCC1COC(C)CN1C(=O)C1CCC(N)C1. The minimum absolute atomic E-state index is 0.157. The van der Waals surface area contributed by atoms with Crippen molar-refractivity contribution in [1.29, 1.82) is 0 Å². The number of nitrogens with two attached hydrogens (primary N) is 1. The van der Waals surface area contributed by atoms with Gasteiger partial charge in [-0.15, -0.1) is 0 Å². The van der Waals surface area contributed by atoms with Crippen LogP contribution in [0.2, 0.25) is 0 Å². The smallest absolute Gasteiger partial charge is 0.226 e. The second-order valence-electron chi connectivity index (χ2n) is 5.47. The van der Waals surface area contributed by atoms with E-state index in [2.05, 4.69) is 6.92 Å². The molecule has 2 aliphatic rings. The molecule has 0 aromatic heterocycles. The summed E-state index contributed by atoms with van der Waals surface area (Å²) in [5.41, 5.74) is 5.89. The molecule has 1 amide bonds. The Morgan fingerprint density at radius 2 is 2.24 bits per heavy atom. The summed E-state index contributed by atoms with van der Waals surface area (Å²) in [6.07, 6.45) is 3.95. The molecule has 0 aromatic rings. The molecule has 2 fully saturated rings. The predicted octanol–water partition coefficient (Wildman–Crippen LogP) is 1.14. The number of rotatable bonds is 2. The van der Waals surface area contributed by atoms with Gasteiger partial charge in [-0.2, -0.15) is 0 Å². The first-order chi connectivity index (χ1) is 8.11. The Morgan fingerprint density at radius 3 is 2.82 bits per heavy atom. The largest absolute Gasteiger partial charge is 0.375 e. The second-order valence-corrected chi connectivity index (χ2v) is 5.47. The van der Waals surface area contributed by atoms with Crippen molar-refractivity contribution in [3.05, 3.63) is 0 Å². The minimum atomic E-state index is 0.157. The molecule has 0 spiro atoms. The van der Waals surface area contributed by atoms with E-state index in [0.29, 0.717) is 12.5 Å². The van der Waals surface area contributed by atoms with Gasteiger partial charge in [0.25, 0.3) is 0 Å². The standard InChI is InChI=1S/C13H24N2O2/c1-3-12-8-17-9(2)7-15(12)13(16)10-4-5-11(14)6-10/h9-12H,3-8,14H2,1-2H3. The Bertz CT molecular complexity index is 283. The highest BCUT2D eigenvalue weighted by Gasteiger charge is 2.36. The first-order valence-corrected chi connectivity index (χ1v) is 6.79. The van der Waals surface area contributed by atoms with Gasteiger partial charge >= 0.3 is 0 Å². The lowest BCUT2D eigenvalue weighted by atomic mass is 10.0. The van der Waals surface area contributed by atoms with Crippen molar-refractivity contribution in [1.82, 2.24) is 4.90 Å². The van der Waals surface area contributed by atoms with E-state index in [9.17, 15) is 4.79 Å². The Morgan fingerprint density at radius 1 is 1.47 bits per heavy atom. The average molecular weight is 240 g/mol. The first kappa shape index (κ1) is 12.8. The van der Waals surface area contributed by atoms with Crippen molar-refractivity contribution in [2.75, 3.05) is 13.2 Å². The fourth-order valence-corrected chi connectivity index (χ4v) is 2.93. The molecule has 0 radical (unpaired) electrons. The molecule has 4 heteroatoms. The zero-order chi connectivity index (χ0) is 12.4. The second kappa shape index (κ2) is 5.36. The Hall–Kier alpha value is -0.610. The van der Waals surface area contributed by atoms with E-state index in [1.807, 2.05) is 11.8 Å². The molecular weight excluding hydrogens is 216 g/mol. The molecule has 0 aromatic carbocycles. The topological polar surface area (TPSA) is 55.6 Å². The summed E-state index contributed by atoms with van der Waals surface area (Å²) >= 11 is 0. The molecule has 1 aliphatic heterocycles. The maximum atomic E-state index is 12.5. The minimum Gasteiger partial charge on any atom is -0.375 e. The van der Waals surface area contributed by atoms with E-state index in [0.717, 1.165) is 32.2 Å². The van der Waals surface area contributed by atoms with E-state index in [1.165, 1.54) is 0 Å². The molecule has 4 nitrogen and oxygen atoms in total. The highest BCUT2D eigenvalue weighted by Crippen LogP contribution is 2.28. The van der Waals surface area contributed by atoms with Crippen molar-refractivity contribution >= 4 is 5.91 Å². The van der Waals surface area contributed by atoms with Crippen LogP contribution in [0.5, 0.6) is 0 Å². The van der Waals surface area contributed by atoms with Gasteiger partial charge in [0.15, 0.2) is 0 Å². The zero-order valence-electron chi connectivity index (χ0n) is 10.9. The van der Waals surface area contributed by atoms with Crippen LogP contribution in [0.4, 0.5) is 0 Å². The van der Waals surface area contributed by atoms with Gasteiger partial charge < -0.3 is 15.4 Å². The summed E-state index contributed by atoms with van der Waals surface area (Å²) in [6, 6.07) is 0.484. The molecule has 1 saturated heterocycles. The van der Waals surface area contributed by atoms with E-state index in [1.54, 1.807) is 0 Å². The van der Waals surface area contributed by atoms with Crippen LogP contribution in [0, 0.1) is 5.92 Å². The molecule has 1 heterocycles. The molecule has 17 heavy (non-hydrogen) atoms. The lowest BCUT2D eigenvalue weighted by Crippen LogP contribution is -2.52. The van der Waals surface area contributed by atoms with Gasteiger partial charge in [0, 0.05) is 18.5 Å². The fraction of sp³-hybridized carbons (Fsp3) is 0.923. The van der Waals surface area contributed by atoms with Gasteiger partial charge in [0.2, 0.25) is 5.91 Å². The summed E-state index contributed by atoms with van der Waals surface area (Å²) < 4.78 is 5.63. The Kier molecular flexibility index (Phi) is 4.05. The van der Waals surface area contributed by atoms with Crippen LogP contribution in [0.3, 0.4) is 0 Å². The fourth-order valence-electron chi connectivity index (χ4n) is 2.93. The summed E-state index contributed by atoms with van der Waals surface area (Å²) in [4.78, 5) is 14.5. The number of ether oxygens (including phenoxy) is 1. The van der Waals surface area contributed by atoms with Gasteiger partial charge in [-0.25, -0.2) is 0 Å². The van der Waals surface area contributed by atoms with Crippen LogP contribution < -0.4 is 5.73 Å². The van der Waals surface area contributed by atoms with Crippen LogP contribution in [-0.2, 0) is 9.53 Å². The van der Waals surface area contributed by atoms with Gasteiger partial charge in [-0.1, -0.05) is 6.92 Å². The van der Waals surface area contributed by atoms with E-state index in [4.69, 9.17) is 10.5 Å². The van der Waals surface area contributed by atoms with Crippen molar-refractivity contribution in [3.8, 4) is 0 Å². The zero-order valence-corrected chi connectivity index (χ0v) is 10.9. The van der Waals surface area contributed by atoms with Crippen LogP contribution in [0.25, 0.3) is 0 Å². The first-order valence-electron chi connectivity index (χ1n) is 6.79. The van der Waals surface area contributed by atoms with Crippen molar-refractivity contribution in [3.63, 3.8) is 0 Å². The van der Waals surface area contributed by atoms with E-state index in [-0.39, 0.29) is 24.1 Å². The van der Waals surface area contributed by atoms with Crippen LogP contribution in [-0.4, -0.2) is 42.1 Å². The third kappa shape index (κ3) is 2.80. The molecule has 2 rings (SSSR count). The maximum absolute atomic E-state index is 12.5. The third-order valence-corrected chi connectivity index (χ3v) is 4.04. The van der Waals surface area contributed by atoms with Crippen LogP contribution in [0.1, 0.15) is 39.5 Å². The number of carbonyl (C=O) groups excluding carboxylic acids is 1. The number of hydrogen-bond acceptors (Lipinski definition) is 3. The number of hydrogen-bond donors (Lipinski definition) is 1. The van der Waals surface area contributed by atoms with Gasteiger partial charge in [0.1, 0.15) is 0 Å². The highest BCUT2D eigenvalue weighted by molar-refractivity contribution is 5.79. The summed E-state index contributed by atoms with van der Waals surface area (Å²) in [6.45, 7) is 5.57. The number of morpholine rings is 1. The Balaban J connectivity index is 2.00. The third-order valence-electron chi connectivity index (χ3n) is 4.04.